The minimum atomic E-state index is -0.523. The van der Waals surface area contributed by atoms with Gasteiger partial charge in [0.15, 0.2) is 5.58 Å². The molecule has 2 atom stereocenters. The van der Waals surface area contributed by atoms with Gasteiger partial charge < -0.3 is 18.8 Å². The van der Waals surface area contributed by atoms with Gasteiger partial charge >= 0.3 is 12.1 Å². The molecule has 156 valence electrons. The SMILES string of the molecule is COC(=O)c1ccc(Br)c2oc(N3CC4CCC(C3)N4C(=O)OC(C)(C)C)nc12. The zero-order valence-corrected chi connectivity index (χ0v) is 18.5. The number of nitrogens with zero attached hydrogens (tertiary/aromatic N) is 3. The molecule has 0 saturated carbocycles. The number of fused-ring (bicyclic) bond motifs is 3. The summed E-state index contributed by atoms with van der Waals surface area (Å²) in [5.74, 6) is -0.461. The van der Waals surface area contributed by atoms with E-state index in [1.807, 2.05) is 30.6 Å². The average molecular weight is 466 g/mol. The number of benzene rings is 1. The summed E-state index contributed by atoms with van der Waals surface area (Å²) in [6.45, 7) is 6.83. The van der Waals surface area contributed by atoms with Crippen molar-refractivity contribution in [1.82, 2.24) is 9.88 Å². The fraction of sp³-hybridized carbons (Fsp3) is 0.550. The van der Waals surface area contributed by atoms with E-state index >= 15 is 0 Å². The van der Waals surface area contributed by atoms with Crippen LogP contribution in [0.3, 0.4) is 0 Å². The molecule has 1 aromatic carbocycles. The first-order valence-electron chi connectivity index (χ1n) is 9.61. The predicted molar refractivity (Wildman–Crippen MR) is 110 cm³/mol. The van der Waals surface area contributed by atoms with Crippen LogP contribution >= 0.6 is 15.9 Å². The summed E-state index contributed by atoms with van der Waals surface area (Å²) in [7, 11) is 1.34. The second kappa shape index (κ2) is 7.19. The Balaban J connectivity index is 1.60. The lowest BCUT2D eigenvalue weighted by Crippen LogP contribution is -2.56. The Kier molecular flexibility index (Phi) is 4.96. The highest BCUT2D eigenvalue weighted by atomic mass is 79.9. The number of halogens is 1. The molecule has 1 aromatic heterocycles. The Labute approximate surface area is 177 Å². The fourth-order valence-corrected chi connectivity index (χ4v) is 4.45. The van der Waals surface area contributed by atoms with E-state index in [0.29, 0.717) is 40.2 Å². The van der Waals surface area contributed by atoms with Crippen molar-refractivity contribution in [2.75, 3.05) is 25.1 Å². The van der Waals surface area contributed by atoms with Crippen LogP contribution < -0.4 is 4.90 Å². The Morgan fingerprint density at radius 3 is 2.45 bits per heavy atom. The van der Waals surface area contributed by atoms with Crippen LogP contribution in [0.15, 0.2) is 21.0 Å². The highest BCUT2D eigenvalue weighted by molar-refractivity contribution is 9.10. The van der Waals surface area contributed by atoms with Crippen LogP contribution in [0.25, 0.3) is 11.1 Å². The standard InChI is InChI=1S/C20H24BrN3O5/c1-20(2,3)29-19(26)24-11-5-6-12(24)10-23(9-11)18-22-15-13(17(25)27-4)7-8-14(21)16(15)28-18/h7-8,11-12H,5-6,9-10H2,1-4H3. The van der Waals surface area contributed by atoms with Gasteiger partial charge in [-0.1, -0.05) is 0 Å². The summed E-state index contributed by atoms with van der Waals surface area (Å²) in [6.07, 6.45) is 1.56. The molecule has 4 rings (SSSR count). The minimum absolute atomic E-state index is 0.0436. The summed E-state index contributed by atoms with van der Waals surface area (Å²) in [4.78, 5) is 33.2. The number of amides is 1. The summed E-state index contributed by atoms with van der Waals surface area (Å²) in [5.41, 5.74) is 0.800. The molecule has 0 spiro atoms. The Morgan fingerprint density at radius 2 is 1.86 bits per heavy atom. The number of esters is 1. The quantitative estimate of drug-likeness (QED) is 0.620. The lowest BCUT2D eigenvalue weighted by molar-refractivity contribution is 0.0120. The lowest BCUT2D eigenvalue weighted by Gasteiger charge is -2.40. The highest BCUT2D eigenvalue weighted by Gasteiger charge is 2.45. The number of hydrogen-bond donors (Lipinski definition) is 0. The number of methoxy groups -OCH3 is 1. The molecular weight excluding hydrogens is 442 g/mol. The number of aromatic nitrogens is 1. The van der Waals surface area contributed by atoms with Crippen molar-refractivity contribution < 1.29 is 23.5 Å². The number of carbonyl (C=O) groups excluding carboxylic acids is 2. The topological polar surface area (TPSA) is 85.1 Å². The third kappa shape index (κ3) is 3.68. The number of ether oxygens (including phenoxy) is 2. The molecule has 0 N–H and O–H groups in total. The zero-order chi connectivity index (χ0) is 20.9. The predicted octanol–water partition coefficient (Wildman–Crippen LogP) is 3.97. The van der Waals surface area contributed by atoms with Crippen molar-refractivity contribution >= 4 is 45.1 Å². The average Bonchev–Trinajstić information content (AvgIpc) is 3.20. The molecule has 8 nitrogen and oxygen atoms in total. The molecule has 29 heavy (non-hydrogen) atoms. The largest absolute Gasteiger partial charge is 0.465 e. The summed E-state index contributed by atoms with van der Waals surface area (Å²) < 4.78 is 17.2. The summed E-state index contributed by atoms with van der Waals surface area (Å²) in [6, 6.07) is 3.93. The molecule has 2 bridgehead atoms. The third-order valence-electron chi connectivity index (χ3n) is 5.25. The molecule has 3 heterocycles. The van der Waals surface area contributed by atoms with Crippen LogP contribution in [0.5, 0.6) is 0 Å². The van der Waals surface area contributed by atoms with Gasteiger partial charge in [-0.05, 0) is 61.7 Å². The minimum Gasteiger partial charge on any atom is -0.465 e. The van der Waals surface area contributed by atoms with Gasteiger partial charge in [-0.25, -0.2) is 9.59 Å². The number of piperazine rings is 1. The van der Waals surface area contributed by atoms with Gasteiger partial charge in [0.05, 0.1) is 29.2 Å². The van der Waals surface area contributed by atoms with Gasteiger partial charge in [0, 0.05) is 13.1 Å². The smallest absolute Gasteiger partial charge is 0.410 e. The van der Waals surface area contributed by atoms with Crippen LogP contribution in [0.4, 0.5) is 10.8 Å². The molecule has 1 amide bonds. The Hall–Kier alpha value is -2.29. The Morgan fingerprint density at radius 1 is 1.21 bits per heavy atom. The first kappa shape index (κ1) is 20.0. The van der Waals surface area contributed by atoms with Crippen molar-refractivity contribution in [3.05, 3.63) is 22.2 Å². The van der Waals surface area contributed by atoms with Gasteiger partial charge in [-0.3, -0.25) is 4.90 Å². The van der Waals surface area contributed by atoms with E-state index in [0.717, 1.165) is 12.8 Å². The molecule has 2 aliphatic heterocycles. The fourth-order valence-electron chi connectivity index (χ4n) is 4.05. The van der Waals surface area contributed by atoms with E-state index in [9.17, 15) is 9.59 Å². The van der Waals surface area contributed by atoms with E-state index < -0.39 is 11.6 Å². The normalized spacial score (nSPS) is 21.6. The van der Waals surface area contributed by atoms with Gasteiger partial charge in [-0.15, -0.1) is 0 Å². The lowest BCUT2D eigenvalue weighted by atomic mass is 10.2. The zero-order valence-electron chi connectivity index (χ0n) is 16.9. The monoisotopic (exact) mass is 465 g/mol. The van der Waals surface area contributed by atoms with Crippen LogP contribution in [0, 0.1) is 0 Å². The van der Waals surface area contributed by atoms with Crippen molar-refractivity contribution in [1.29, 1.82) is 0 Å². The second-order valence-electron chi connectivity index (χ2n) is 8.44. The van der Waals surface area contributed by atoms with Crippen LogP contribution in [0.2, 0.25) is 0 Å². The summed E-state index contributed by atoms with van der Waals surface area (Å²) in [5, 5.41) is 0. The molecule has 9 heteroatoms. The van der Waals surface area contributed by atoms with E-state index in [1.165, 1.54) is 7.11 Å². The van der Waals surface area contributed by atoms with Crippen LogP contribution in [0.1, 0.15) is 44.0 Å². The van der Waals surface area contributed by atoms with Crippen molar-refractivity contribution in [2.24, 2.45) is 0 Å². The van der Waals surface area contributed by atoms with Crippen molar-refractivity contribution in [3.8, 4) is 0 Å². The van der Waals surface area contributed by atoms with Gasteiger partial charge in [0.2, 0.25) is 0 Å². The molecule has 0 radical (unpaired) electrons. The molecular formula is C20H24BrN3O5. The number of carbonyl (C=O) groups is 2. The van der Waals surface area contributed by atoms with Crippen molar-refractivity contribution in [2.45, 2.75) is 51.3 Å². The first-order valence-corrected chi connectivity index (χ1v) is 10.4. The summed E-state index contributed by atoms with van der Waals surface area (Å²) >= 11 is 3.46. The van der Waals surface area contributed by atoms with Crippen LogP contribution in [-0.4, -0.2) is 59.8 Å². The van der Waals surface area contributed by atoms with E-state index in [-0.39, 0.29) is 18.2 Å². The molecule has 2 aromatic rings. The van der Waals surface area contributed by atoms with E-state index in [1.54, 1.807) is 12.1 Å². The maximum absolute atomic E-state index is 12.6. The second-order valence-corrected chi connectivity index (χ2v) is 9.29. The molecule has 2 unspecified atom stereocenters. The van der Waals surface area contributed by atoms with E-state index in [4.69, 9.17) is 13.9 Å². The molecule has 2 saturated heterocycles. The van der Waals surface area contributed by atoms with Gasteiger partial charge in [0.1, 0.15) is 11.1 Å². The molecule has 2 aliphatic rings. The highest BCUT2D eigenvalue weighted by Crippen LogP contribution is 2.36. The van der Waals surface area contributed by atoms with E-state index in [2.05, 4.69) is 20.9 Å². The van der Waals surface area contributed by atoms with Gasteiger partial charge in [-0.2, -0.15) is 4.98 Å². The maximum atomic E-state index is 12.6. The molecule has 2 fully saturated rings. The van der Waals surface area contributed by atoms with Gasteiger partial charge in [0.25, 0.3) is 6.01 Å². The third-order valence-corrected chi connectivity index (χ3v) is 5.87. The maximum Gasteiger partial charge on any atom is 0.410 e. The van der Waals surface area contributed by atoms with Crippen LogP contribution in [-0.2, 0) is 9.47 Å². The number of anilines is 1. The number of hydrogen-bond acceptors (Lipinski definition) is 7. The molecule has 0 aliphatic carbocycles. The first-order chi connectivity index (χ1) is 13.7. The number of oxazole rings is 1. The van der Waals surface area contributed by atoms with Crippen molar-refractivity contribution in [3.63, 3.8) is 0 Å². The Bertz CT molecular complexity index is 953. The number of rotatable bonds is 2.